The van der Waals surface area contributed by atoms with E-state index in [1.807, 2.05) is 24.3 Å². The number of para-hydroxylation sites is 1. The second-order valence-electron chi connectivity index (χ2n) is 11.5. The van der Waals surface area contributed by atoms with Gasteiger partial charge in [-0.25, -0.2) is 9.97 Å². The molecule has 9 rings (SSSR count). The largest absolute Gasteiger partial charge is 0.265 e. The van der Waals surface area contributed by atoms with Gasteiger partial charge in [-0.1, -0.05) is 84.9 Å². The van der Waals surface area contributed by atoms with Gasteiger partial charge in [-0.05, 0) is 81.2 Å². The van der Waals surface area contributed by atoms with Gasteiger partial charge in [0.05, 0.1) is 22.6 Å². The zero-order valence-corrected chi connectivity index (χ0v) is 24.8. The molecule has 0 bridgehead atoms. The Morgan fingerprint density at radius 3 is 1.48 bits per heavy atom. The maximum atomic E-state index is 5.37. The molecular formula is C42H26N4. The van der Waals surface area contributed by atoms with Crippen LogP contribution in [0, 0.1) is 0 Å². The normalized spacial score (nSPS) is 11.5. The predicted molar refractivity (Wildman–Crippen MR) is 189 cm³/mol. The third-order valence-electron chi connectivity index (χ3n) is 8.82. The minimum Gasteiger partial charge on any atom is -0.265 e. The lowest BCUT2D eigenvalue weighted by atomic mass is 9.89. The molecule has 46 heavy (non-hydrogen) atoms. The van der Waals surface area contributed by atoms with Crippen LogP contribution in [0.4, 0.5) is 0 Å². The van der Waals surface area contributed by atoms with Crippen molar-refractivity contribution in [2.45, 2.75) is 0 Å². The van der Waals surface area contributed by atoms with Gasteiger partial charge in [-0.15, -0.1) is 0 Å². The molecule has 0 spiro atoms. The summed E-state index contributed by atoms with van der Waals surface area (Å²) in [5, 5.41) is 8.52. The van der Waals surface area contributed by atoms with E-state index in [4.69, 9.17) is 9.97 Å². The predicted octanol–water partition coefficient (Wildman–Crippen LogP) is 10.5. The molecule has 4 heterocycles. The van der Waals surface area contributed by atoms with Gasteiger partial charge in [-0.2, -0.15) is 0 Å². The van der Waals surface area contributed by atoms with Crippen LogP contribution in [0.5, 0.6) is 0 Å². The van der Waals surface area contributed by atoms with Gasteiger partial charge in [0.15, 0.2) is 0 Å². The van der Waals surface area contributed by atoms with E-state index in [0.717, 1.165) is 55.8 Å². The quantitative estimate of drug-likeness (QED) is 0.193. The summed E-state index contributed by atoms with van der Waals surface area (Å²) in [6.07, 6.45) is 7.23. The number of aromatic nitrogens is 4. The Morgan fingerprint density at radius 2 is 0.848 bits per heavy atom. The summed E-state index contributed by atoms with van der Waals surface area (Å²) in [7, 11) is 0. The van der Waals surface area contributed by atoms with Gasteiger partial charge in [-0.3, -0.25) is 9.97 Å². The van der Waals surface area contributed by atoms with E-state index >= 15 is 0 Å². The van der Waals surface area contributed by atoms with Gasteiger partial charge >= 0.3 is 0 Å². The number of hydrogen-bond acceptors (Lipinski definition) is 4. The summed E-state index contributed by atoms with van der Waals surface area (Å²) in [5.41, 5.74) is 9.03. The average molecular weight is 587 g/mol. The molecule has 4 nitrogen and oxygen atoms in total. The lowest BCUT2D eigenvalue weighted by Crippen LogP contribution is -1.94. The van der Waals surface area contributed by atoms with Gasteiger partial charge in [0.2, 0.25) is 0 Å². The van der Waals surface area contributed by atoms with Gasteiger partial charge in [0.1, 0.15) is 0 Å². The Hall–Kier alpha value is -6.26. The highest BCUT2D eigenvalue weighted by Gasteiger charge is 2.18. The molecule has 0 saturated heterocycles. The summed E-state index contributed by atoms with van der Waals surface area (Å²) in [6.45, 7) is 0. The molecule has 0 amide bonds. The maximum Gasteiger partial charge on any atom is 0.0794 e. The first-order valence-corrected chi connectivity index (χ1v) is 15.4. The van der Waals surface area contributed by atoms with Crippen LogP contribution in [0.3, 0.4) is 0 Å². The zero-order chi connectivity index (χ0) is 30.5. The number of benzene rings is 5. The van der Waals surface area contributed by atoms with E-state index in [0.29, 0.717) is 0 Å². The van der Waals surface area contributed by atoms with Crippen LogP contribution in [-0.2, 0) is 0 Å². The second kappa shape index (κ2) is 10.7. The summed E-state index contributed by atoms with van der Waals surface area (Å²) in [4.78, 5) is 18.9. The first-order valence-electron chi connectivity index (χ1n) is 15.4. The van der Waals surface area contributed by atoms with Crippen LogP contribution < -0.4 is 0 Å². The molecule has 0 aliphatic carbocycles. The first kappa shape index (κ1) is 26.2. The molecule has 214 valence electrons. The number of fused-ring (bicyclic) bond motifs is 8. The third kappa shape index (κ3) is 4.31. The van der Waals surface area contributed by atoms with Crippen LogP contribution in [0.2, 0.25) is 0 Å². The molecule has 0 unspecified atom stereocenters. The SMILES string of the molecule is c1cc(-c2cc(-c3ccncc3)nc(-c3ccncc3)c2)cc(-c2nc3ccccc3c3c4ccccc4c4ccccc4c23)c1. The highest BCUT2D eigenvalue weighted by molar-refractivity contribution is 6.33. The van der Waals surface area contributed by atoms with Gasteiger partial charge in [0, 0.05) is 57.6 Å². The molecule has 9 aromatic rings. The summed E-state index contributed by atoms with van der Waals surface area (Å²) in [6, 6.07) is 47.0. The van der Waals surface area contributed by atoms with E-state index in [9.17, 15) is 0 Å². The molecule has 0 fully saturated rings. The van der Waals surface area contributed by atoms with Crippen molar-refractivity contribution in [3.8, 4) is 44.9 Å². The van der Waals surface area contributed by atoms with E-state index < -0.39 is 0 Å². The topological polar surface area (TPSA) is 51.6 Å². The number of nitrogens with zero attached hydrogens (tertiary/aromatic N) is 4. The second-order valence-corrected chi connectivity index (χ2v) is 11.5. The van der Waals surface area contributed by atoms with E-state index in [1.54, 1.807) is 24.8 Å². The minimum atomic E-state index is 0.892. The van der Waals surface area contributed by atoms with Crippen molar-refractivity contribution in [1.82, 2.24) is 19.9 Å². The van der Waals surface area contributed by atoms with E-state index in [1.165, 1.54) is 32.3 Å². The van der Waals surface area contributed by atoms with Gasteiger partial charge in [0.25, 0.3) is 0 Å². The van der Waals surface area contributed by atoms with Crippen LogP contribution in [-0.4, -0.2) is 19.9 Å². The monoisotopic (exact) mass is 586 g/mol. The summed E-state index contributed by atoms with van der Waals surface area (Å²) >= 11 is 0. The molecule has 0 radical (unpaired) electrons. The van der Waals surface area contributed by atoms with Crippen LogP contribution >= 0.6 is 0 Å². The smallest absolute Gasteiger partial charge is 0.0794 e. The molecule has 0 aliphatic rings. The standard InChI is InChI=1S/C42H26N4/c1-3-12-34-32(10-1)33-11-2-4-13-35(33)41-40(34)36-14-5-6-15-37(36)46-42(41)30-9-7-8-29(24-30)31-25-38(27-16-20-43-21-17-27)45-39(26-31)28-18-22-44-23-19-28/h1-26H. The fourth-order valence-electron chi connectivity index (χ4n) is 6.72. The summed E-state index contributed by atoms with van der Waals surface area (Å²) < 4.78 is 0. The fourth-order valence-corrected chi connectivity index (χ4v) is 6.72. The Kier molecular flexibility index (Phi) is 6.10. The van der Waals surface area contributed by atoms with Crippen molar-refractivity contribution in [3.05, 3.63) is 158 Å². The molecule has 0 atom stereocenters. The Bertz CT molecular complexity index is 2520. The Labute approximate surface area is 265 Å². The van der Waals surface area contributed by atoms with Crippen molar-refractivity contribution in [1.29, 1.82) is 0 Å². The molecule has 5 aromatic carbocycles. The maximum absolute atomic E-state index is 5.37. The number of pyridine rings is 4. The van der Waals surface area contributed by atoms with Crippen LogP contribution in [0.1, 0.15) is 0 Å². The number of hydrogen-bond donors (Lipinski definition) is 0. The zero-order valence-electron chi connectivity index (χ0n) is 24.8. The van der Waals surface area contributed by atoms with Crippen molar-refractivity contribution in [3.63, 3.8) is 0 Å². The van der Waals surface area contributed by atoms with E-state index in [-0.39, 0.29) is 0 Å². The van der Waals surface area contributed by atoms with Crippen molar-refractivity contribution in [2.75, 3.05) is 0 Å². The molecule has 0 aliphatic heterocycles. The highest BCUT2D eigenvalue weighted by atomic mass is 14.7. The lowest BCUT2D eigenvalue weighted by Gasteiger charge is -2.17. The van der Waals surface area contributed by atoms with Crippen LogP contribution in [0.25, 0.3) is 88.1 Å². The Balaban J connectivity index is 1.33. The molecular weight excluding hydrogens is 560 g/mol. The number of rotatable bonds is 4. The highest BCUT2D eigenvalue weighted by Crippen LogP contribution is 2.43. The molecule has 4 aromatic heterocycles. The first-order chi connectivity index (χ1) is 22.8. The molecule has 0 saturated carbocycles. The summed E-state index contributed by atoms with van der Waals surface area (Å²) in [5.74, 6) is 0. The minimum absolute atomic E-state index is 0.892. The van der Waals surface area contributed by atoms with E-state index in [2.05, 4.69) is 119 Å². The molecule has 0 N–H and O–H groups in total. The molecule has 4 heteroatoms. The van der Waals surface area contributed by atoms with Gasteiger partial charge < -0.3 is 0 Å². The van der Waals surface area contributed by atoms with Crippen LogP contribution in [0.15, 0.2) is 158 Å². The lowest BCUT2D eigenvalue weighted by molar-refractivity contribution is 1.27. The van der Waals surface area contributed by atoms with Crippen molar-refractivity contribution >= 4 is 43.2 Å². The Morgan fingerprint density at radius 1 is 0.326 bits per heavy atom. The fraction of sp³-hybridized carbons (Fsp3) is 0. The van der Waals surface area contributed by atoms with Crippen molar-refractivity contribution in [2.24, 2.45) is 0 Å². The average Bonchev–Trinajstić information content (AvgIpc) is 3.15. The van der Waals surface area contributed by atoms with Crippen molar-refractivity contribution < 1.29 is 0 Å². The third-order valence-corrected chi connectivity index (χ3v) is 8.82.